The van der Waals surface area contributed by atoms with Crippen molar-refractivity contribution >= 4 is 0 Å². The van der Waals surface area contributed by atoms with Gasteiger partial charge in [-0.05, 0) is 77.0 Å². The van der Waals surface area contributed by atoms with Gasteiger partial charge < -0.3 is 13.4 Å². The summed E-state index contributed by atoms with van der Waals surface area (Å²) in [4.78, 5) is 0. The Morgan fingerprint density at radius 2 is 0.250 bits per heavy atom. The van der Waals surface area contributed by atoms with Crippen LogP contribution in [-0.2, 0) is 0 Å². The summed E-state index contributed by atoms with van der Waals surface area (Å²) in [5.41, 5.74) is 0. The average Bonchev–Trinajstić information content (AvgIpc) is 3.16. The summed E-state index contributed by atoms with van der Waals surface area (Å²) in [6, 6.07) is 0. The summed E-state index contributed by atoms with van der Waals surface area (Å²) < 4.78 is 4.26. The van der Waals surface area contributed by atoms with E-state index in [-0.39, 0.29) is 7.43 Å². The van der Waals surface area contributed by atoms with Crippen LogP contribution < -0.4 is 0 Å². The van der Waals surface area contributed by atoms with E-state index in [1.54, 1.807) is 0 Å². The smallest absolute Gasteiger partial charge is 0.0786 e. The van der Waals surface area contributed by atoms with E-state index in [2.05, 4.69) is 83.1 Å². The van der Waals surface area contributed by atoms with Gasteiger partial charge in [-0.25, -0.2) is 0 Å². The van der Waals surface area contributed by atoms with E-state index in [0.717, 1.165) is 0 Å². The zero-order chi connectivity index (χ0) is 39.0. The zero-order valence-electron chi connectivity index (χ0n) is 39.8. The van der Waals surface area contributed by atoms with Crippen molar-refractivity contribution in [2.24, 2.45) is 0 Å². The Kier molecular flexibility index (Phi) is 49.1. The van der Waals surface area contributed by atoms with E-state index < -0.39 is 0 Å². The minimum atomic E-state index is 0. The lowest BCUT2D eigenvalue weighted by atomic mass is 10.1. The maximum Gasteiger partial charge on any atom is 0.0786 e. The van der Waals surface area contributed by atoms with Crippen LogP contribution in [0, 0.1) is 7.43 Å². The minimum Gasteiger partial charge on any atom is -0.324 e. The van der Waals surface area contributed by atoms with Gasteiger partial charge in [0, 0.05) is 0 Å². The Labute approximate surface area is 335 Å². The standard InChI is InChI=1S/3C16H36N.CH3/c3*1-5-9-13-17(14-10-6-2,15-11-7-3)16-12-8-4;/h3*5-16H2,1-4H3;1H3/q3*+1;. The van der Waals surface area contributed by atoms with Crippen molar-refractivity contribution in [3.05, 3.63) is 7.43 Å². The topological polar surface area (TPSA) is 0 Å². The lowest BCUT2D eigenvalue weighted by molar-refractivity contribution is -0.929. The van der Waals surface area contributed by atoms with Crippen LogP contribution in [0.15, 0.2) is 0 Å². The second-order valence-corrected chi connectivity index (χ2v) is 17.0. The van der Waals surface area contributed by atoms with Crippen LogP contribution in [0.3, 0.4) is 0 Å². The fraction of sp³-hybridized carbons (Fsp3) is 0.980. The van der Waals surface area contributed by atoms with Gasteiger partial charge in [0.15, 0.2) is 0 Å². The van der Waals surface area contributed by atoms with Crippen molar-refractivity contribution in [3.63, 3.8) is 0 Å². The highest BCUT2D eigenvalue weighted by molar-refractivity contribution is 4.52. The predicted molar refractivity (Wildman–Crippen MR) is 244 cm³/mol. The molecule has 52 heavy (non-hydrogen) atoms. The predicted octanol–water partition coefficient (Wildman–Crippen LogP) is 15.5. The molecule has 3 nitrogen and oxygen atoms in total. The van der Waals surface area contributed by atoms with Gasteiger partial charge in [0.05, 0.1) is 78.5 Å². The Bertz CT molecular complexity index is 434. The molecule has 0 aliphatic heterocycles. The van der Waals surface area contributed by atoms with Gasteiger partial charge in [-0.2, -0.15) is 0 Å². The lowest BCUT2D eigenvalue weighted by Crippen LogP contribution is -2.50. The SMILES string of the molecule is CCCC[N+](CCCC)(CCCC)CCCC.CCCC[N+](CCCC)(CCCC)CCCC.CCCC[N+](CCCC)(CCCC)CCCC.[CH3]. The molecule has 3 heteroatoms. The maximum absolute atomic E-state index is 2.33. The van der Waals surface area contributed by atoms with Crippen LogP contribution in [-0.4, -0.2) is 92.0 Å². The number of quaternary nitrogens is 3. The summed E-state index contributed by atoms with van der Waals surface area (Å²) in [6.07, 6.45) is 33.2. The zero-order valence-corrected chi connectivity index (χ0v) is 39.8. The van der Waals surface area contributed by atoms with Crippen LogP contribution in [0.1, 0.15) is 237 Å². The molecule has 0 heterocycles. The first-order valence-corrected chi connectivity index (χ1v) is 24.3. The highest BCUT2D eigenvalue weighted by Crippen LogP contribution is 2.19. The summed E-state index contributed by atoms with van der Waals surface area (Å²) in [6.45, 7) is 45.1. The van der Waals surface area contributed by atoms with E-state index in [4.69, 9.17) is 0 Å². The summed E-state index contributed by atoms with van der Waals surface area (Å²) in [7, 11) is 0. The molecule has 0 saturated heterocycles. The first kappa shape index (κ1) is 58.6. The van der Waals surface area contributed by atoms with Gasteiger partial charge >= 0.3 is 0 Å². The number of hydrogen-bond acceptors (Lipinski definition) is 0. The van der Waals surface area contributed by atoms with Crippen molar-refractivity contribution in [2.75, 3.05) is 78.5 Å². The summed E-state index contributed by atoms with van der Waals surface area (Å²) >= 11 is 0. The number of nitrogens with zero attached hydrogens (tertiary/aromatic N) is 3. The third kappa shape index (κ3) is 33.2. The molecule has 0 saturated carbocycles. The molecule has 0 aliphatic carbocycles. The summed E-state index contributed by atoms with van der Waals surface area (Å²) in [5, 5.41) is 0. The molecule has 0 aromatic rings. The van der Waals surface area contributed by atoms with Crippen molar-refractivity contribution in [3.8, 4) is 0 Å². The fourth-order valence-electron chi connectivity index (χ4n) is 7.93. The van der Waals surface area contributed by atoms with Gasteiger partial charge in [0.1, 0.15) is 0 Å². The molecule has 0 aromatic heterocycles. The first-order chi connectivity index (χ1) is 24.7. The fourth-order valence-corrected chi connectivity index (χ4v) is 7.93. The van der Waals surface area contributed by atoms with Crippen LogP contribution in [0.5, 0.6) is 0 Å². The van der Waals surface area contributed by atoms with Crippen LogP contribution in [0.25, 0.3) is 0 Å². The Morgan fingerprint density at radius 3 is 0.308 bits per heavy atom. The normalized spacial score (nSPS) is 11.8. The molecule has 0 aliphatic rings. The molecular weight excluding hydrogens is 631 g/mol. The summed E-state index contributed by atoms with van der Waals surface area (Å²) in [5.74, 6) is 0. The number of rotatable bonds is 36. The minimum absolute atomic E-state index is 0. The molecule has 0 spiro atoms. The molecule has 0 amide bonds. The molecule has 319 valence electrons. The van der Waals surface area contributed by atoms with E-state index in [1.807, 2.05) is 0 Å². The monoisotopic (exact) mass is 742 g/mol. The van der Waals surface area contributed by atoms with Gasteiger partial charge in [-0.15, -0.1) is 0 Å². The molecule has 0 aromatic carbocycles. The molecule has 0 rings (SSSR count). The van der Waals surface area contributed by atoms with E-state index in [0.29, 0.717) is 0 Å². The maximum atomic E-state index is 2.33. The van der Waals surface area contributed by atoms with Crippen molar-refractivity contribution < 1.29 is 13.4 Å². The van der Waals surface area contributed by atoms with Gasteiger partial charge in [-0.1, -0.05) is 168 Å². The highest BCUT2D eigenvalue weighted by atomic mass is 15.4. The van der Waals surface area contributed by atoms with Crippen LogP contribution in [0.4, 0.5) is 0 Å². The van der Waals surface area contributed by atoms with Crippen LogP contribution in [0.2, 0.25) is 0 Å². The second-order valence-electron chi connectivity index (χ2n) is 17.0. The van der Waals surface area contributed by atoms with E-state index in [9.17, 15) is 0 Å². The van der Waals surface area contributed by atoms with Gasteiger partial charge in [-0.3, -0.25) is 0 Å². The van der Waals surface area contributed by atoms with Crippen molar-refractivity contribution in [1.82, 2.24) is 0 Å². The van der Waals surface area contributed by atoms with E-state index >= 15 is 0 Å². The van der Waals surface area contributed by atoms with Gasteiger partial charge in [0.2, 0.25) is 0 Å². The lowest BCUT2D eigenvalue weighted by Gasteiger charge is -2.39. The third-order valence-corrected chi connectivity index (χ3v) is 11.8. The van der Waals surface area contributed by atoms with Gasteiger partial charge in [0.25, 0.3) is 0 Å². The molecule has 0 atom stereocenters. The first-order valence-electron chi connectivity index (χ1n) is 24.3. The Hall–Kier alpha value is -0.120. The van der Waals surface area contributed by atoms with Crippen molar-refractivity contribution in [1.29, 1.82) is 0 Å². The molecule has 1 radical (unpaired) electrons. The second kappa shape index (κ2) is 43.6. The quantitative estimate of drug-likeness (QED) is 0.0561. The average molecular weight is 742 g/mol. The molecule has 0 unspecified atom stereocenters. The van der Waals surface area contributed by atoms with E-state index in [1.165, 1.54) is 246 Å². The highest BCUT2D eigenvalue weighted by Gasteiger charge is 2.26. The van der Waals surface area contributed by atoms with Crippen molar-refractivity contribution in [2.45, 2.75) is 237 Å². The molecule has 0 bridgehead atoms. The number of hydrogen-bond donors (Lipinski definition) is 0. The molecular formula is C49H111N3+3. The Morgan fingerprint density at radius 1 is 0.173 bits per heavy atom. The van der Waals surface area contributed by atoms with Crippen LogP contribution >= 0.6 is 0 Å². The molecule has 0 N–H and O–H groups in total. The molecule has 0 fully saturated rings. The Balaban J connectivity index is -0.000000329. The largest absolute Gasteiger partial charge is 0.324 e. The third-order valence-electron chi connectivity index (χ3n) is 11.8. The number of unbranched alkanes of at least 4 members (excludes halogenated alkanes) is 12.